The van der Waals surface area contributed by atoms with Gasteiger partial charge in [0.25, 0.3) is 0 Å². The molecule has 0 radical (unpaired) electrons. The minimum Gasteiger partial charge on any atom is -0.306 e. The minimum atomic E-state index is -0.350. The first kappa shape index (κ1) is 16.7. The van der Waals surface area contributed by atoms with Crippen LogP contribution in [0.25, 0.3) is 0 Å². The van der Waals surface area contributed by atoms with Crippen molar-refractivity contribution in [1.82, 2.24) is 5.43 Å². The van der Waals surface area contributed by atoms with Gasteiger partial charge in [-0.15, -0.1) is 0 Å². The van der Waals surface area contributed by atoms with Crippen molar-refractivity contribution < 1.29 is 4.79 Å². The molecule has 0 aromatic heterocycles. The molecule has 2 N–H and O–H groups in total. The summed E-state index contributed by atoms with van der Waals surface area (Å²) >= 11 is 0. The number of urea groups is 1. The highest BCUT2D eigenvalue weighted by atomic mass is 16.2. The molecule has 0 unspecified atom stereocenters. The average Bonchev–Trinajstić information content (AvgIpc) is 2.51. The smallest absolute Gasteiger partial charge is 0.306 e. The summed E-state index contributed by atoms with van der Waals surface area (Å²) in [5, 5.41) is 6.81. The highest BCUT2D eigenvalue weighted by molar-refractivity contribution is 5.91. The summed E-state index contributed by atoms with van der Waals surface area (Å²) in [6, 6.07) is 13.7. The van der Waals surface area contributed by atoms with E-state index >= 15 is 0 Å². The number of carbonyl (C=O) groups excluding carboxylic acids is 1. The second kappa shape index (κ2) is 7.58. The lowest BCUT2D eigenvalue weighted by Crippen LogP contribution is -2.25. The van der Waals surface area contributed by atoms with Gasteiger partial charge in [0.2, 0.25) is 0 Å². The van der Waals surface area contributed by atoms with Crippen molar-refractivity contribution in [2.45, 2.75) is 33.6 Å². The van der Waals surface area contributed by atoms with Crippen LogP contribution in [0, 0.1) is 13.8 Å². The van der Waals surface area contributed by atoms with E-state index in [0.717, 1.165) is 22.4 Å². The van der Waals surface area contributed by atoms with Crippen molar-refractivity contribution in [2.75, 3.05) is 5.32 Å². The van der Waals surface area contributed by atoms with Crippen LogP contribution in [0.5, 0.6) is 0 Å². The lowest BCUT2D eigenvalue weighted by Gasteiger charge is -2.10. The largest absolute Gasteiger partial charge is 0.339 e. The van der Waals surface area contributed by atoms with Crippen LogP contribution in [0.4, 0.5) is 10.5 Å². The van der Waals surface area contributed by atoms with Crippen LogP contribution in [-0.4, -0.2) is 12.2 Å². The molecule has 0 aliphatic carbocycles. The summed E-state index contributed by atoms with van der Waals surface area (Å²) in [6.45, 7) is 8.23. The van der Waals surface area contributed by atoms with Gasteiger partial charge in [-0.25, -0.2) is 10.2 Å². The Morgan fingerprint density at radius 3 is 2.22 bits per heavy atom. The third-order valence-corrected chi connectivity index (χ3v) is 3.70. The van der Waals surface area contributed by atoms with E-state index in [2.05, 4.69) is 41.8 Å². The molecule has 0 bridgehead atoms. The second-order valence-electron chi connectivity index (χ2n) is 5.91. The van der Waals surface area contributed by atoms with E-state index in [1.165, 1.54) is 5.56 Å². The van der Waals surface area contributed by atoms with Gasteiger partial charge in [0.1, 0.15) is 0 Å². The summed E-state index contributed by atoms with van der Waals surface area (Å²) < 4.78 is 0. The van der Waals surface area contributed by atoms with Crippen molar-refractivity contribution in [3.05, 3.63) is 64.7 Å². The Hall–Kier alpha value is -2.62. The van der Waals surface area contributed by atoms with Gasteiger partial charge in [-0.05, 0) is 42.0 Å². The van der Waals surface area contributed by atoms with Crippen LogP contribution in [-0.2, 0) is 0 Å². The first-order valence-electron chi connectivity index (χ1n) is 7.73. The van der Waals surface area contributed by atoms with Gasteiger partial charge < -0.3 is 5.32 Å². The number of nitrogens with one attached hydrogen (secondary N) is 2. The maximum absolute atomic E-state index is 11.9. The number of para-hydroxylation sites is 1. The first-order chi connectivity index (χ1) is 11.0. The molecule has 4 nitrogen and oxygen atoms in total. The predicted octanol–water partition coefficient (Wildman–Crippen LogP) is 4.58. The minimum absolute atomic E-state index is 0.350. The molecule has 23 heavy (non-hydrogen) atoms. The van der Waals surface area contributed by atoms with Crippen molar-refractivity contribution in [3.8, 4) is 0 Å². The molecule has 2 aromatic carbocycles. The number of nitrogens with zero attached hydrogens (tertiary/aromatic N) is 1. The standard InChI is InChI=1S/C19H23N3O/c1-13(2)17-10-8-16(9-11-17)12-20-22-19(23)21-18-14(3)6-5-7-15(18)4/h5-13H,1-4H3,(H2,21,22,23). The molecule has 0 fully saturated rings. The van der Waals surface area contributed by atoms with Gasteiger partial charge in [-0.1, -0.05) is 56.3 Å². The summed E-state index contributed by atoms with van der Waals surface area (Å²) in [6.07, 6.45) is 1.63. The van der Waals surface area contributed by atoms with Gasteiger partial charge >= 0.3 is 6.03 Å². The summed E-state index contributed by atoms with van der Waals surface area (Å²) in [7, 11) is 0. The molecule has 0 saturated heterocycles. The molecule has 4 heteroatoms. The lowest BCUT2D eigenvalue weighted by molar-refractivity contribution is 0.252. The van der Waals surface area contributed by atoms with E-state index in [0.29, 0.717) is 5.92 Å². The molecular weight excluding hydrogens is 286 g/mol. The number of anilines is 1. The Kier molecular flexibility index (Phi) is 5.52. The SMILES string of the molecule is Cc1cccc(C)c1NC(=O)NN=Cc1ccc(C(C)C)cc1. The maximum atomic E-state index is 11.9. The number of hydrogen-bond donors (Lipinski definition) is 2. The third-order valence-electron chi connectivity index (χ3n) is 3.70. The van der Waals surface area contributed by atoms with Gasteiger partial charge in [0.15, 0.2) is 0 Å². The van der Waals surface area contributed by atoms with Crippen LogP contribution >= 0.6 is 0 Å². The fourth-order valence-corrected chi connectivity index (χ4v) is 2.29. The molecule has 120 valence electrons. The average molecular weight is 309 g/mol. The second-order valence-corrected chi connectivity index (χ2v) is 5.91. The van der Waals surface area contributed by atoms with E-state index in [-0.39, 0.29) is 6.03 Å². The topological polar surface area (TPSA) is 53.5 Å². The van der Waals surface area contributed by atoms with Crippen molar-refractivity contribution in [1.29, 1.82) is 0 Å². The highest BCUT2D eigenvalue weighted by Crippen LogP contribution is 2.19. The van der Waals surface area contributed by atoms with Crippen molar-refractivity contribution >= 4 is 17.9 Å². The number of rotatable bonds is 4. The quantitative estimate of drug-likeness (QED) is 0.630. The van der Waals surface area contributed by atoms with Crippen LogP contribution in [0.15, 0.2) is 47.6 Å². The highest BCUT2D eigenvalue weighted by Gasteiger charge is 2.05. The molecular formula is C19H23N3O. The Balaban J connectivity index is 1.93. The Morgan fingerprint density at radius 2 is 1.65 bits per heavy atom. The number of amides is 2. The Morgan fingerprint density at radius 1 is 1.04 bits per heavy atom. The van der Waals surface area contributed by atoms with E-state index in [4.69, 9.17) is 0 Å². The Bertz CT molecular complexity index is 683. The van der Waals surface area contributed by atoms with Gasteiger partial charge in [-0.3, -0.25) is 0 Å². The van der Waals surface area contributed by atoms with Crippen molar-refractivity contribution in [2.24, 2.45) is 5.10 Å². The van der Waals surface area contributed by atoms with E-state index in [9.17, 15) is 4.79 Å². The number of carbonyl (C=O) groups is 1. The molecule has 2 rings (SSSR count). The number of benzene rings is 2. The van der Waals surface area contributed by atoms with Crippen molar-refractivity contribution in [3.63, 3.8) is 0 Å². The molecule has 0 atom stereocenters. The molecule has 2 amide bonds. The Labute approximate surface area is 137 Å². The third kappa shape index (κ3) is 4.68. The van der Waals surface area contributed by atoms with E-state index in [1.54, 1.807) is 6.21 Å². The van der Waals surface area contributed by atoms with Gasteiger partial charge in [0, 0.05) is 5.69 Å². The fourth-order valence-electron chi connectivity index (χ4n) is 2.29. The van der Waals surface area contributed by atoms with E-state index in [1.807, 2.05) is 44.2 Å². The number of hydrazone groups is 1. The summed E-state index contributed by atoms with van der Waals surface area (Å²) in [5.74, 6) is 0.502. The first-order valence-corrected chi connectivity index (χ1v) is 7.73. The van der Waals surface area contributed by atoms with Gasteiger partial charge in [0.05, 0.1) is 6.21 Å². The fraction of sp³-hybridized carbons (Fsp3) is 0.263. The zero-order valence-corrected chi connectivity index (χ0v) is 14.1. The zero-order chi connectivity index (χ0) is 16.8. The number of aryl methyl sites for hydroxylation is 2. The molecule has 0 aliphatic rings. The molecule has 0 spiro atoms. The van der Waals surface area contributed by atoms with Crippen LogP contribution in [0.1, 0.15) is 42.0 Å². The molecule has 0 heterocycles. The summed E-state index contributed by atoms with van der Waals surface area (Å²) in [5.41, 5.74) is 7.58. The lowest BCUT2D eigenvalue weighted by atomic mass is 10.0. The molecule has 0 aliphatic heterocycles. The van der Waals surface area contributed by atoms with Crippen LogP contribution < -0.4 is 10.7 Å². The maximum Gasteiger partial charge on any atom is 0.339 e. The zero-order valence-electron chi connectivity index (χ0n) is 14.1. The van der Waals surface area contributed by atoms with Crippen LogP contribution in [0.2, 0.25) is 0 Å². The monoisotopic (exact) mass is 309 g/mol. The van der Waals surface area contributed by atoms with Gasteiger partial charge in [-0.2, -0.15) is 5.10 Å². The molecule has 0 saturated carbocycles. The van der Waals surface area contributed by atoms with E-state index < -0.39 is 0 Å². The van der Waals surface area contributed by atoms with Crippen LogP contribution in [0.3, 0.4) is 0 Å². The number of hydrogen-bond acceptors (Lipinski definition) is 2. The molecule has 2 aromatic rings. The normalized spacial score (nSPS) is 11.0. The predicted molar refractivity (Wildman–Crippen MR) is 96.2 cm³/mol. The summed E-state index contributed by atoms with van der Waals surface area (Å²) in [4.78, 5) is 11.9.